The van der Waals surface area contributed by atoms with Gasteiger partial charge in [0.15, 0.2) is 28.8 Å². The summed E-state index contributed by atoms with van der Waals surface area (Å²) in [6.07, 6.45) is 2.42. The molecule has 0 saturated carbocycles. The molecule has 1 aliphatic heterocycles. The van der Waals surface area contributed by atoms with Crippen LogP contribution in [-0.2, 0) is 0 Å². The highest BCUT2D eigenvalue weighted by atomic mass is 19.1. The first kappa shape index (κ1) is 33.5. The number of piperazine rings is 1. The van der Waals surface area contributed by atoms with Crippen LogP contribution in [0.2, 0.25) is 0 Å². The van der Waals surface area contributed by atoms with Crippen LogP contribution in [0.4, 0.5) is 14.5 Å². The topological polar surface area (TPSA) is 111 Å². The van der Waals surface area contributed by atoms with Gasteiger partial charge < -0.3 is 29.3 Å². The number of nitrogens with zero attached hydrogens (tertiary/aromatic N) is 5. The number of carbonyl (C=O) groups is 1. The predicted molar refractivity (Wildman–Crippen MR) is 181 cm³/mol. The molecule has 0 atom stereocenters. The summed E-state index contributed by atoms with van der Waals surface area (Å²) in [5, 5.41) is 7.41. The Kier molecular flexibility index (Phi) is 10.1. The molecule has 1 amide bonds. The molecule has 0 aliphatic carbocycles. The molecule has 1 fully saturated rings. The minimum atomic E-state index is -0.763. The second-order valence-electron chi connectivity index (χ2n) is 11.8. The Labute approximate surface area is 281 Å². The van der Waals surface area contributed by atoms with Crippen molar-refractivity contribution in [3.8, 4) is 28.7 Å². The number of anilines is 1. The number of aromatic nitrogens is 3. The number of pyridine rings is 1. The fraction of sp³-hybridized carbons (Fsp3) is 0.278. The molecule has 254 valence electrons. The molecule has 11 nitrogen and oxygen atoms in total. The van der Waals surface area contributed by atoms with Crippen molar-refractivity contribution in [2.45, 2.75) is 13.3 Å². The van der Waals surface area contributed by atoms with E-state index >= 15 is 4.39 Å². The van der Waals surface area contributed by atoms with Crippen molar-refractivity contribution in [2.75, 3.05) is 58.8 Å². The zero-order valence-electron chi connectivity index (χ0n) is 27.4. The van der Waals surface area contributed by atoms with Crippen molar-refractivity contribution in [1.29, 1.82) is 0 Å². The first-order valence-corrected chi connectivity index (χ1v) is 15.8. The van der Waals surface area contributed by atoms with Crippen molar-refractivity contribution in [3.63, 3.8) is 0 Å². The molecular formula is C36H36F2N6O5. The number of fused-ring (bicyclic) bond motifs is 1. The van der Waals surface area contributed by atoms with Crippen molar-refractivity contribution in [3.05, 3.63) is 106 Å². The number of nitrogens with one attached hydrogen (secondary N) is 1. The summed E-state index contributed by atoms with van der Waals surface area (Å²) >= 11 is 0. The van der Waals surface area contributed by atoms with Crippen molar-refractivity contribution < 1.29 is 27.8 Å². The lowest BCUT2D eigenvalue weighted by Crippen LogP contribution is -2.44. The second-order valence-corrected chi connectivity index (χ2v) is 11.8. The van der Waals surface area contributed by atoms with Crippen LogP contribution in [0.3, 0.4) is 0 Å². The molecular weight excluding hydrogens is 634 g/mol. The fourth-order valence-corrected chi connectivity index (χ4v) is 5.53. The number of aryl methyl sites for hydroxylation is 1. The van der Waals surface area contributed by atoms with Gasteiger partial charge in [-0.25, -0.2) is 8.78 Å². The summed E-state index contributed by atoms with van der Waals surface area (Å²) in [4.78, 5) is 35.0. The lowest BCUT2D eigenvalue weighted by atomic mass is 10.1. The molecule has 0 spiro atoms. The van der Waals surface area contributed by atoms with Crippen LogP contribution >= 0.6 is 0 Å². The molecule has 0 radical (unpaired) electrons. The van der Waals surface area contributed by atoms with E-state index in [-0.39, 0.29) is 17.1 Å². The number of halogens is 2. The van der Waals surface area contributed by atoms with Gasteiger partial charge in [-0.05, 0) is 74.5 Å². The van der Waals surface area contributed by atoms with E-state index in [4.69, 9.17) is 14.2 Å². The van der Waals surface area contributed by atoms with Gasteiger partial charge in [0.25, 0.3) is 11.5 Å². The van der Waals surface area contributed by atoms with Crippen molar-refractivity contribution in [1.82, 2.24) is 24.6 Å². The van der Waals surface area contributed by atoms with Gasteiger partial charge in [-0.2, -0.15) is 9.78 Å². The van der Waals surface area contributed by atoms with Crippen LogP contribution in [0.15, 0.2) is 77.7 Å². The average Bonchev–Trinajstić information content (AvgIpc) is 3.09. The smallest absolute Gasteiger partial charge is 0.276 e. The monoisotopic (exact) mass is 670 g/mol. The van der Waals surface area contributed by atoms with Crippen molar-refractivity contribution >= 4 is 22.5 Å². The van der Waals surface area contributed by atoms with Crippen LogP contribution in [0.1, 0.15) is 22.5 Å². The summed E-state index contributed by atoms with van der Waals surface area (Å²) in [6, 6.07) is 15.5. The third-order valence-corrected chi connectivity index (χ3v) is 8.28. The molecule has 2 aromatic heterocycles. The van der Waals surface area contributed by atoms with E-state index in [9.17, 15) is 14.0 Å². The Bertz CT molecular complexity index is 2030. The SMILES string of the molecule is COc1cc2c(Oc3ccc(-n4nc(C(=O)Nc5ccc(F)cc5)c(C)cc4=O)cc3F)ccnc2cc1OCCCN1CCN(C)CC1. The zero-order valence-corrected chi connectivity index (χ0v) is 27.4. The summed E-state index contributed by atoms with van der Waals surface area (Å²) in [7, 11) is 3.68. The molecule has 0 bridgehead atoms. The van der Waals surface area contributed by atoms with Crippen LogP contribution in [0.5, 0.6) is 23.0 Å². The number of hydrogen-bond donors (Lipinski definition) is 1. The second kappa shape index (κ2) is 14.8. The highest BCUT2D eigenvalue weighted by Gasteiger charge is 2.18. The molecule has 1 N–H and O–H groups in total. The summed E-state index contributed by atoms with van der Waals surface area (Å²) in [6.45, 7) is 7.26. The van der Waals surface area contributed by atoms with Crippen LogP contribution < -0.4 is 25.1 Å². The number of hydrogen-bond acceptors (Lipinski definition) is 9. The number of ether oxygens (including phenoxy) is 3. The van der Waals surface area contributed by atoms with E-state index in [1.54, 1.807) is 38.4 Å². The summed E-state index contributed by atoms with van der Waals surface area (Å²) < 4.78 is 47.4. The lowest BCUT2D eigenvalue weighted by molar-refractivity contribution is 0.102. The minimum absolute atomic E-state index is 0.0553. The Hall–Kier alpha value is -5.40. The number of rotatable bonds is 11. The molecule has 0 unspecified atom stereocenters. The molecule has 1 aliphatic rings. The molecule has 49 heavy (non-hydrogen) atoms. The quantitative estimate of drug-likeness (QED) is 0.184. The Morgan fingerprint density at radius 3 is 2.43 bits per heavy atom. The van der Waals surface area contributed by atoms with Gasteiger partial charge in [0.2, 0.25) is 0 Å². The van der Waals surface area contributed by atoms with Gasteiger partial charge in [-0.3, -0.25) is 14.6 Å². The van der Waals surface area contributed by atoms with E-state index in [0.29, 0.717) is 46.0 Å². The first-order chi connectivity index (χ1) is 23.7. The Morgan fingerprint density at radius 2 is 1.69 bits per heavy atom. The number of carbonyl (C=O) groups excluding carboxylic acids is 1. The average molecular weight is 671 g/mol. The molecule has 1 saturated heterocycles. The van der Waals surface area contributed by atoms with Gasteiger partial charge in [-0.1, -0.05) is 0 Å². The van der Waals surface area contributed by atoms with Gasteiger partial charge in [0.1, 0.15) is 11.6 Å². The van der Waals surface area contributed by atoms with Crippen LogP contribution in [-0.4, -0.2) is 84.0 Å². The molecule has 13 heteroatoms. The number of amides is 1. The van der Waals surface area contributed by atoms with Crippen molar-refractivity contribution in [2.24, 2.45) is 0 Å². The number of benzene rings is 3. The van der Waals surface area contributed by atoms with Gasteiger partial charge >= 0.3 is 0 Å². The number of likely N-dealkylation sites (N-methyl/N-ethyl adjacent to an activating group) is 1. The molecule has 3 aromatic carbocycles. The number of methoxy groups -OCH3 is 1. The first-order valence-electron chi connectivity index (χ1n) is 15.8. The normalized spacial score (nSPS) is 13.7. The van der Waals surface area contributed by atoms with E-state index in [0.717, 1.165) is 49.9 Å². The largest absolute Gasteiger partial charge is 0.493 e. The zero-order chi connectivity index (χ0) is 34.5. The summed E-state index contributed by atoms with van der Waals surface area (Å²) in [5.74, 6) is -0.552. The van der Waals surface area contributed by atoms with E-state index in [1.807, 2.05) is 0 Å². The minimum Gasteiger partial charge on any atom is -0.493 e. The fourth-order valence-electron chi connectivity index (χ4n) is 5.53. The lowest BCUT2D eigenvalue weighted by Gasteiger charge is -2.32. The molecule has 5 aromatic rings. The van der Waals surface area contributed by atoms with Crippen LogP contribution in [0.25, 0.3) is 16.6 Å². The Balaban J connectivity index is 1.18. The third kappa shape index (κ3) is 7.85. The van der Waals surface area contributed by atoms with Gasteiger partial charge in [0.05, 0.1) is 24.9 Å². The standard InChI is InChI=1S/C36H36F2N6O5/c1-23-19-34(45)44(41-35(23)36(46)40-25-7-5-24(37)6-8-25)26-9-10-31(28(38)20-26)49-30-11-12-39-29-22-33(32(47-3)21-27(29)30)48-18-4-13-43-16-14-42(2)15-17-43/h5-12,19-22H,4,13-18H2,1-3H3,(H,40,46). The maximum atomic E-state index is 15.5. The Morgan fingerprint density at radius 1 is 0.918 bits per heavy atom. The van der Waals surface area contributed by atoms with Gasteiger partial charge in [0, 0.05) is 68.2 Å². The maximum absolute atomic E-state index is 15.5. The molecule has 6 rings (SSSR count). The maximum Gasteiger partial charge on any atom is 0.276 e. The van der Waals surface area contributed by atoms with Gasteiger partial charge in [-0.15, -0.1) is 0 Å². The van der Waals surface area contributed by atoms with E-state index < -0.39 is 23.1 Å². The van der Waals surface area contributed by atoms with Crippen LogP contribution in [0, 0.1) is 18.6 Å². The highest BCUT2D eigenvalue weighted by molar-refractivity contribution is 6.03. The highest BCUT2D eigenvalue weighted by Crippen LogP contribution is 2.37. The predicted octanol–water partition coefficient (Wildman–Crippen LogP) is 5.44. The third-order valence-electron chi connectivity index (χ3n) is 8.28. The molecule has 3 heterocycles. The summed E-state index contributed by atoms with van der Waals surface area (Å²) in [5.41, 5.74) is 0.710. The van der Waals surface area contributed by atoms with E-state index in [2.05, 4.69) is 32.2 Å². The van der Waals surface area contributed by atoms with E-state index in [1.165, 1.54) is 42.5 Å².